The third kappa shape index (κ3) is 5.03. The zero-order chi connectivity index (χ0) is 23.6. The maximum atomic E-state index is 12.9. The molecule has 0 unspecified atom stereocenters. The van der Waals surface area contributed by atoms with Crippen LogP contribution in [0.3, 0.4) is 0 Å². The summed E-state index contributed by atoms with van der Waals surface area (Å²) in [4.78, 5) is 4.27. The maximum absolute atomic E-state index is 12.9. The molecule has 0 radical (unpaired) electrons. The zero-order valence-corrected chi connectivity index (χ0v) is 18.6. The Morgan fingerprint density at radius 1 is 0.939 bits per heavy atom. The number of hydrogen-bond donors (Lipinski definition) is 1. The van der Waals surface area contributed by atoms with Gasteiger partial charge in [0, 0.05) is 18.7 Å². The van der Waals surface area contributed by atoms with Crippen molar-refractivity contribution in [2.45, 2.75) is 37.4 Å². The highest BCUT2D eigenvalue weighted by molar-refractivity contribution is 7.92. The average Bonchev–Trinajstić information content (AvgIpc) is 3.15. The number of aryl methyl sites for hydroxylation is 3. The van der Waals surface area contributed by atoms with Crippen molar-refractivity contribution in [1.82, 2.24) is 9.55 Å². The maximum Gasteiger partial charge on any atom is 0.416 e. The molecule has 0 fully saturated rings. The van der Waals surface area contributed by atoms with Crippen LogP contribution in [0.25, 0.3) is 11.0 Å². The molecule has 0 spiro atoms. The standard InChI is InChI=1S/C24H22F3N3O2S/c1-2-30-22-9-4-3-8-21(22)28-23(30)15-12-17-10-13-19(14-11-17)29-33(31,32)20-7-5-6-18(16-20)24(25,26)27/h3-11,13-14,16,29H,2,12,15H2,1H3. The van der Waals surface area contributed by atoms with Crippen molar-refractivity contribution >= 4 is 26.7 Å². The fourth-order valence-corrected chi connectivity index (χ4v) is 4.82. The van der Waals surface area contributed by atoms with Crippen LogP contribution in [0, 0.1) is 0 Å². The smallest absolute Gasteiger partial charge is 0.328 e. The normalized spacial score (nSPS) is 12.2. The number of rotatable bonds is 7. The van der Waals surface area contributed by atoms with Gasteiger partial charge in [-0.1, -0.05) is 30.3 Å². The van der Waals surface area contributed by atoms with Crippen molar-refractivity contribution in [3.8, 4) is 0 Å². The summed E-state index contributed by atoms with van der Waals surface area (Å²) in [7, 11) is -4.15. The van der Waals surface area contributed by atoms with Crippen molar-refractivity contribution in [3.63, 3.8) is 0 Å². The molecular weight excluding hydrogens is 451 g/mol. The largest absolute Gasteiger partial charge is 0.416 e. The van der Waals surface area contributed by atoms with E-state index < -0.39 is 26.7 Å². The van der Waals surface area contributed by atoms with Crippen molar-refractivity contribution in [1.29, 1.82) is 0 Å². The average molecular weight is 474 g/mol. The Hall–Kier alpha value is -3.33. The van der Waals surface area contributed by atoms with Crippen LogP contribution in [0.4, 0.5) is 18.9 Å². The lowest BCUT2D eigenvalue weighted by Crippen LogP contribution is -2.14. The number of alkyl halides is 3. The van der Waals surface area contributed by atoms with E-state index in [9.17, 15) is 21.6 Å². The van der Waals surface area contributed by atoms with Gasteiger partial charge in [0.15, 0.2) is 0 Å². The van der Waals surface area contributed by atoms with Crippen LogP contribution in [0.15, 0.2) is 77.7 Å². The second kappa shape index (κ2) is 8.90. The molecule has 5 nitrogen and oxygen atoms in total. The molecule has 0 aliphatic rings. The predicted molar refractivity (Wildman–Crippen MR) is 122 cm³/mol. The van der Waals surface area contributed by atoms with Gasteiger partial charge in [0.1, 0.15) is 5.82 Å². The number of aromatic nitrogens is 2. The number of hydrogen-bond acceptors (Lipinski definition) is 3. The second-order valence-corrected chi connectivity index (χ2v) is 9.27. The molecule has 1 N–H and O–H groups in total. The van der Waals surface area contributed by atoms with E-state index in [4.69, 9.17) is 4.98 Å². The monoisotopic (exact) mass is 473 g/mol. The number of imidazole rings is 1. The minimum absolute atomic E-state index is 0.275. The first-order valence-electron chi connectivity index (χ1n) is 10.4. The van der Waals surface area contributed by atoms with E-state index in [0.29, 0.717) is 12.5 Å². The molecule has 4 aromatic rings. The van der Waals surface area contributed by atoms with Gasteiger partial charge in [0.05, 0.1) is 21.5 Å². The molecular formula is C24H22F3N3O2S. The lowest BCUT2D eigenvalue weighted by Gasteiger charge is -2.11. The topological polar surface area (TPSA) is 64.0 Å². The summed E-state index contributed by atoms with van der Waals surface area (Å²) in [6.07, 6.45) is -3.19. The van der Waals surface area contributed by atoms with Crippen molar-refractivity contribution in [3.05, 3.63) is 89.7 Å². The van der Waals surface area contributed by atoms with Crippen LogP contribution in [-0.2, 0) is 35.6 Å². The third-order valence-corrected chi connectivity index (χ3v) is 6.74. The highest BCUT2D eigenvalue weighted by Crippen LogP contribution is 2.31. The summed E-state index contributed by atoms with van der Waals surface area (Å²) in [5.74, 6) is 0.980. The zero-order valence-electron chi connectivity index (χ0n) is 17.8. The first-order chi connectivity index (χ1) is 15.7. The SMILES string of the molecule is CCn1c(CCc2ccc(NS(=O)(=O)c3cccc(C(F)(F)F)c3)cc2)nc2ccccc21. The number of halogens is 3. The van der Waals surface area contributed by atoms with Gasteiger partial charge in [-0.2, -0.15) is 13.2 Å². The fourth-order valence-electron chi connectivity index (χ4n) is 3.72. The summed E-state index contributed by atoms with van der Waals surface area (Å²) in [6.45, 7) is 2.88. The Kier molecular flexibility index (Phi) is 6.16. The van der Waals surface area contributed by atoms with Gasteiger partial charge in [0.2, 0.25) is 0 Å². The Labute approximate surface area is 189 Å². The Bertz CT molecular complexity index is 1380. The van der Waals surface area contributed by atoms with E-state index in [2.05, 4.69) is 16.2 Å². The number of fused-ring (bicyclic) bond motifs is 1. The molecule has 0 aliphatic heterocycles. The Morgan fingerprint density at radius 2 is 1.67 bits per heavy atom. The molecule has 0 amide bonds. The quantitative estimate of drug-likeness (QED) is 0.377. The van der Waals surface area contributed by atoms with Gasteiger partial charge in [-0.3, -0.25) is 4.72 Å². The molecule has 1 aromatic heterocycles. The van der Waals surface area contributed by atoms with Gasteiger partial charge in [-0.15, -0.1) is 0 Å². The Balaban J connectivity index is 1.46. The highest BCUT2D eigenvalue weighted by atomic mass is 32.2. The second-order valence-electron chi connectivity index (χ2n) is 7.59. The third-order valence-electron chi connectivity index (χ3n) is 5.36. The van der Waals surface area contributed by atoms with Crippen LogP contribution < -0.4 is 4.72 Å². The van der Waals surface area contributed by atoms with Crippen LogP contribution in [0.5, 0.6) is 0 Å². The number of benzene rings is 3. The van der Waals surface area contributed by atoms with Gasteiger partial charge >= 0.3 is 6.18 Å². The van der Waals surface area contributed by atoms with E-state index in [1.54, 1.807) is 24.3 Å². The van der Waals surface area contributed by atoms with Crippen LogP contribution in [-0.4, -0.2) is 18.0 Å². The number of para-hydroxylation sites is 2. The molecule has 0 bridgehead atoms. The molecule has 0 aliphatic carbocycles. The molecule has 1 heterocycles. The molecule has 0 atom stereocenters. The van der Waals surface area contributed by atoms with E-state index in [0.717, 1.165) is 53.6 Å². The number of nitrogens with one attached hydrogen (secondary N) is 1. The van der Waals surface area contributed by atoms with Crippen molar-refractivity contribution < 1.29 is 21.6 Å². The molecule has 9 heteroatoms. The van der Waals surface area contributed by atoms with Gasteiger partial charge in [0.25, 0.3) is 10.0 Å². The summed E-state index contributed by atoms with van der Waals surface area (Å²) in [5, 5.41) is 0. The lowest BCUT2D eigenvalue weighted by atomic mass is 10.1. The first kappa shape index (κ1) is 22.8. The molecule has 0 saturated carbocycles. The number of sulfonamides is 1. The Morgan fingerprint density at radius 3 is 2.36 bits per heavy atom. The highest BCUT2D eigenvalue weighted by Gasteiger charge is 2.31. The van der Waals surface area contributed by atoms with Crippen molar-refractivity contribution in [2.24, 2.45) is 0 Å². The van der Waals surface area contributed by atoms with Crippen molar-refractivity contribution in [2.75, 3.05) is 4.72 Å². The molecule has 33 heavy (non-hydrogen) atoms. The minimum Gasteiger partial charge on any atom is -0.328 e. The van der Waals surface area contributed by atoms with Gasteiger partial charge in [-0.05, 0) is 61.4 Å². The van der Waals surface area contributed by atoms with E-state index >= 15 is 0 Å². The van der Waals surface area contributed by atoms with Gasteiger partial charge in [-0.25, -0.2) is 13.4 Å². The lowest BCUT2D eigenvalue weighted by molar-refractivity contribution is -0.137. The minimum atomic E-state index is -4.62. The summed E-state index contributed by atoms with van der Waals surface area (Å²) in [5.41, 5.74) is 2.30. The van der Waals surface area contributed by atoms with Crippen LogP contribution >= 0.6 is 0 Å². The number of anilines is 1. The predicted octanol–water partition coefficient (Wildman–Crippen LogP) is 5.66. The van der Waals surface area contributed by atoms with E-state index in [1.165, 1.54) is 0 Å². The molecule has 0 saturated heterocycles. The summed E-state index contributed by atoms with van der Waals surface area (Å²) >= 11 is 0. The summed E-state index contributed by atoms with van der Waals surface area (Å²) < 4.78 is 68.3. The number of nitrogens with zero attached hydrogens (tertiary/aromatic N) is 2. The molecule has 4 rings (SSSR count). The van der Waals surface area contributed by atoms with E-state index in [1.807, 2.05) is 24.3 Å². The molecule has 3 aromatic carbocycles. The molecule has 172 valence electrons. The first-order valence-corrected chi connectivity index (χ1v) is 11.9. The fraction of sp³-hybridized carbons (Fsp3) is 0.208. The van der Waals surface area contributed by atoms with Crippen LogP contribution in [0.1, 0.15) is 23.9 Å². The van der Waals surface area contributed by atoms with E-state index in [-0.39, 0.29) is 5.69 Å². The van der Waals surface area contributed by atoms with Crippen LogP contribution in [0.2, 0.25) is 0 Å². The van der Waals surface area contributed by atoms with Gasteiger partial charge < -0.3 is 4.57 Å². The summed E-state index contributed by atoms with van der Waals surface area (Å²) in [6, 6.07) is 18.4.